The Hall–Kier alpha value is -2.28. The molecule has 0 spiro atoms. The molecule has 1 fully saturated rings. The van der Waals surface area contributed by atoms with E-state index in [1.807, 2.05) is 6.92 Å². The molecule has 0 saturated carbocycles. The van der Waals surface area contributed by atoms with Crippen molar-refractivity contribution in [1.82, 2.24) is 10.2 Å². The minimum absolute atomic E-state index is 0.194. The summed E-state index contributed by atoms with van der Waals surface area (Å²) in [6.07, 6.45) is 0.425. The van der Waals surface area contributed by atoms with E-state index in [-0.39, 0.29) is 19.0 Å². The van der Waals surface area contributed by atoms with Crippen molar-refractivity contribution >= 4 is 11.9 Å². The Morgan fingerprint density at radius 1 is 1.23 bits per heavy atom. The molecular weight excluding hydrogens is 286 g/mol. The average molecular weight is 307 g/mol. The summed E-state index contributed by atoms with van der Waals surface area (Å²) in [7, 11) is 3.06. The molecule has 0 aliphatic carbocycles. The van der Waals surface area contributed by atoms with Gasteiger partial charge in [0.2, 0.25) is 0 Å². The van der Waals surface area contributed by atoms with Crippen molar-refractivity contribution in [3.8, 4) is 11.5 Å². The van der Waals surface area contributed by atoms with E-state index in [2.05, 4.69) is 5.32 Å². The van der Waals surface area contributed by atoms with Crippen molar-refractivity contribution in [3.63, 3.8) is 0 Å². The first-order valence-electron chi connectivity index (χ1n) is 7.10. The number of hydrogen-bond donors (Lipinski definition) is 2. The molecule has 1 unspecified atom stereocenters. The summed E-state index contributed by atoms with van der Waals surface area (Å²) in [4.78, 5) is 26.0. The second-order valence-electron chi connectivity index (χ2n) is 5.00. The molecule has 0 radical (unpaired) electrons. The van der Waals surface area contributed by atoms with E-state index in [1.54, 1.807) is 25.3 Å². The molecule has 3 amide bonds. The van der Waals surface area contributed by atoms with E-state index >= 15 is 0 Å². The largest absolute Gasteiger partial charge is 0.493 e. The molecule has 1 aromatic rings. The molecule has 1 aliphatic heterocycles. The zero-order chi connectivity index (χ0) is 16.3. The molecule has 3 N–H and O–H groups in total. The Labute approximate surface area is 129 Å². The maximum Gasteiger partial charge on any atom is 0.325 e. The molecule has 2 rings (SSSR count). The standard InChI is InChI=1S/C15H21N3O4/c1-4-15(13(19)18(8-7-16)14(20)17-15)10-5-6-11(21-2)12(9-10)22-3/h5-6,9H,4,7-8,16H2,1-3H3,(H,17,20). The highest BCUT2D eigenvalue weighted by molar-refractivity contribution is 6.07. The highest BCUT2D eigenvalue weighted by Gasteiger charge is 2.51. The lowest BCUT2D eigenvalue weighted by Crippen LogP contribution is -2.43. The fourth-order valence-corrected chi connectivity index (χ4v) is 2.70. The highest BCUT2D eigenvalue weighted by atomic mass is 16.5. The van der Waals surface area contributed by atoms with Crippen LogP contribution in [0.2, 0.25) is 0 Å². The van der Waals surface area contributed by atoms with Crippen LogP contribution in [-0.2, 0) is 10.3 Å². The Bertz CT molecular complexity index is 590. The van der Waals surface area contributed by atoms with E-state index in [0.29, 0.717) is 23.5 Å². The van der Waals surface area contributed by atoms with E-state index in [0.717, 1.165) is 4.90 Å². The van der Waals surface area contributed by atoms with Crippen LogP contribution < -0.4 is 20.5 Å². The highest BCUT2D eigenvalue weighted by Crippen LogP contribution is 2.37. The van der Waals surface area contributed by atoms with Gasteiger partial charge in [0.1, 0.15) is 5.54 Å². The van der Waals surface area contributed by atoms with Gasteiger partial charge in [-0.15, -0.1) is 0 Å². The van der Waals surface area contributed by atoms with Crippen molar-refractivity contribution < 1.29 is 19.1 Å². The van der Waals surface area contributed by atoms with Crippen molar-refractivity contribution in [2.24, 2.45) is 5.73 Å². The van der Waals surface area contributed by atoms with Crippen molar-refractivity contribution in [1.29, 1.82) is 0 Å². The Morgan fingerprint density at radius 2 is 1.91 bits per heavy atom. The summed E-state index contributed by atoms with van der Waals surface area (Å²) >= 11 is 0. The number of nitrogens with two attached hydrogens (primary N) is 1. The van der Waals surface area contributed by atoms with Crippen LogP contribution in [-0.4, -0.2) is 44.1 Å². The fourth-order valence-electron chi connectivity index (χ4n) is 2.70. The van der Waals surface area contributed by atoms with E-state index in [4.69, 9.17) is 15.2 Å². The van der Waals surface area contributed by atoms with Crippen LogP contribution in [0.5, 0.6) is 11.5 Å². The fraction of sp³-hybridized carbons (Fsp3) is 0.467. The van der Waals surface area contributed by atoms with Crippen LogP contribution in [0.1, 0.15) is 18.9 Å². The maximum absolute atomic E-state index is 12.7. The molecule has 0 aromatic heterocycles. The third-order valence-corrected chi connectivity index (χ3v) is 3.94. The van der Waals surface area contributed by atoms with Gasteiger partial charge in [0.05, 0.1) is 14.2 Å². The number of nitrogens with zero attached hydrogens (tertiary/aromatic N) is 1. The predicted molar refractivity (Wildman–Crippen MR) is 80.8 cm³/mol. The molecule has 7 heteroatoms. The number of methoxy groups -OCH3 is 2. The lowest BCUT2D eigenvalue weighted by atomic mass is 9.87. The summed E-state index contributed by atoms with van der Waals surface area (Å²) in [5.41, 5.74) is 5.04. The summed E-state index contributed by atoms with van der Waals surface area (Å²) in [6.45, 7) is 2.27. The summed E-state index contributed by atoms with van der Waals surface area (Å²) in [5.74, 6) is 0.776. The topological polar surface area (TPSA) is 93.9 Å². The zero-order valence-corrected chi connectivity index (χ0v) is 13.0. The second kappa shape index (κ2) is 6.23. The lowest BCUT2D eigenvalue weighted by Gasteiger charge is -2.26. The van der Waals surface area contributed by atoms with Gasteiger partial charge in [0.25, 0.3) is 5.91 Å². The van der Waals surface area contributed by atoms with Gasteiger partial charge in [-0.1, -0.05) is 13.0 Å². The molecule has 1 heterocycles. The van der Waals surface area contributed by atoms with E-state index < -0.39 is 11.6 Å². The maximum atomic E-state index is 12.7. The summed E-state index contributed by atoms with van der Waals surface area (Å²) in [5, 5.41) is 2.79. The summed E-state index contributed by atoms with van der Waals surface area (Å²) in [6, 6.07) is 4.77. The van der Waals surface area contributed by atoms with Gasteiger partial charge in [-0.25, -0.2) is 4.79 Å². The molecule has 1 aromatic carbocycles. The third-order valence-electron chi connectivity index (χ3n) is 3.94. The van der Waals surface area contributed by atoms with Gasteiger partial charge in [-0.3, -0.25) is 9.69 Å². The summed E-state index contributed by atoms with van der Waals surface area (Å²) < 4.78 is 10.5. The monoisotopic (exact) mass is 307 g/mol. The second-order valence-corrected chi connectivity index (χ2v) is 5.00. The first-order chi connectivity index (χ1) is 10.5. The molecule has 7 nitrogen and oxygen atoms in total. The third kappa shape index (κ3) is 2.37. The van der Waals surface area contributed by atoms with Crippen LogP contribution >= 0.6 is 0 Å². The van der Waals surface area contributed by atoms with Crippen molar-refractivity contribution in [3.05, 3.63) is 23.8 Å². The number of benzene rings is 1. The Morgan fingerprint density at radius 3 is 2.45 bits per heavy atom. The lowest BCUT2D eigenvalue weighted by molar-refractivity contribution is -0.131. The van der Waals surface area contributed by atoms with Crippen molar-refractivity contribution in [2.45, 2.75) is 18.9 Å². The SMILES string of the molecule is CCC1(c2ccc(OC)c(OC)c2)NC(=O)N(CCN)C1=O. The number of urea groups is 1. The van der Waals surface area contributed by atoms with Crippen LogP contribution in [0.3, 0.4) is 0 Å². The number of amides is 3. The normalized spacial score (nSPS) is 21.0. The molecular formula is C15H21N3O4. The van der Waals surface area contributed by atoms with Gasteiger partial charge in [-0.05, 0) is 24.1 Å². The number of imide groups is 1. The molecule has 22 heavy (non-hydrogen) atoms. The van der Waals surface area contributed by atoms with Gasteiger partial charge >= 0.3 is 6.03 Å². The molecule has 1 atom stereocenters. The first kappa shape index (κ1) is 16.1. The first-order valence-corrected chi connectivity index (χ1v) is 7.10. The minimum atomic E-state index is -1.09. The van der Waals surface area contributed by atoms with Crippen LogP contribution in [0.4, 0.5) is 4.79 Å². The number of ether oxygens (including phenoxy) is 2. The number of carbonyl (C=O) groups excluding carboxylic acids is 2. The average Bonchev–Trinajstić information content (AvgIpc) is 2.79. The predicted octanol–water partition coefficient (Wildman–Crippen LogP) is 0.820. The van der Waals surface area contributed by atoms with Crippen LogP contribution in [0.15, 0.2) is 18.2 Å². The van der Waals surface area contributed by atoms with Gasteiger partial charge < -0.3 is 20.5 Å². The van der Waals surface area contributed by atoms with Crippen LogP contribution in [0, 0.1) is 0 Å². The van der Waals surface area contributed by atoms with Gasteiger partial charge in [-0.2, -0.15) is 0 Å². The Kier molecular flexibility index (Phi) is 4.56. The van der Waals surface area contributed by atoms with Gasteiger partial charge in [0, 0.05) is 13.1 Å². The van der Waals surface area contributed by atoms with E-state index in [9.17, 15) is 9.59 Å². The number of carbonyl (C=O) groups is 2. The Balaban J connectivity index is 2.48. The van der Waals surface area contributed by atoms with Gasteiger partial charge in [0.15, 0.2) is 11.5 Å². The molecule has 1 saturated heterocycles. The van der Waals surface area contributed by atoms with Crippen molar-refractivity contribution in [2.75, 3.05) is 27.3 Å². The smallest absolute Gasteiger partial charge is 0.325 e. The molecule has 120 valence electrons. The van der Waals surface area contributed by atoms with Crippen LogP contribution in [0.25, 0.3) is 0 Å². The number of nitrogens with one attached hydrogen (secondary N) is 1. The molecule has 1 aliphatic rings. The molecule has 0 bridgehead atoms. The van der Waals surface area contributed by atoms with E-state index in [1.165, 1.54) is 7.11 Å². The quantitative estimate of drug-likeness (QED) is 0.759. The number of hydrogen-bond acceptors (Lipinski definition) is 5. The zero-order valence-electron chi connectivity index (χ0n) is 13.0. The number of rotatable bonds is 6. The minimum Gasteiger partial charge on any atom is -0.493 e.